The lowest BCUT2D eigenvalue weighted by Gasteiger charge is -2.12. The van der Waals surface area contributed by atoms with Crippen LogP contribution in [0.1, 0.15) is 29.2 Å². The van der Waals surface area contributed by atoms with E-state index < -0.39 is 0 Å². The third-order valence-corrected chi connectivity index (χ3v) is 4.26. The Morgan fingerprint density at radius 1 is 1.20 bits per heavy atom. The van der Waals surface area contributed by atoms with Crippen LogP contribution in [0.2, 0.25) is 10.0 Å². The van der Waals surface area contributed by atoms with Gasteiger partial charge in [0.25, 0.3) is 0 Å². The number of hydrogen-bond donors (Lipinski definition) is 1. The molecule has 1 unspecified atom stereocenters. The second kappa shape index (κ2) is 5.65. The van der Waals surface area contributed by atoms with Crippen LogP contribution in [0, 0.1) is 0 Å². The molecule has 0 saturated heterocycles. The number of benzene rings is 2. The summed E-state index contributed by atoms with van der Waals surface area (Å²) in [5.74, 6) is 0.904. The summed E-state index contributed by atoms with van der Waals surface area (Å²) in [5.41, 5.74) is 9.42. The highest BCUT2D eigenvalue weighted by atomic mass is 35.5. The van der Waals surface area contributed by atoms with Crippen LogP contribution >= 0.6 is 23.2 Å². The summed E-state index contributed by atoms with van der Waals surface area (Å²) in [6.07, 6.45) is 1.96. The molecule has 4 heteroatoms. The molecule has 20 heavy (non-hydrogen) atoms. The Morgan fingerprint density at radius 2 is 2.05 bits per heavy atom. The lowest BCUT2D eigenvalue weighted by molar-refractivity contribution is 0.303. The second-order valence-corrected chi connectivity index (χ2v) is 5.84. The van der Waals surface area contributed by atoms with Crippen molar-refractivity contribution in [1.29, 1.82) is 0 Å². The smallest absolute Gasteiger partial charge is 0.123 e. The molecule has 0 aliphatic heterocycles. The summed E-state index contributed by atoms with van der Waals surface area (Å²) in [4.78, 5) is 0. The highest BCUT2D eigenvalue weighted by Crippen LogP contribution is 2.36. The average molecular weight is 308 g/mol. The molecule has 0 spiro atoms. The maximum atomic E-state index is 6.15. The number of rotatable bonds is 3. The van der Waals surface area contributed by atoms with E-state index in [0.717, 1.165) is 24.2 Å². The minimum atomic E-state index is 0.132. The standard InChI is InChI=1S/C16H15Cl2NO/c17-11-5-4-10(14(18)8-11)9-20-16-3-1-2-12-13(16)6-7-15(12)19/h1-5,8,15H,6-7,9,19H2. The van der Waals surface area contributed by atoms with Crippen molar-refractivity contribution in [2.24, 2.45) is 5.73 Å². The van der Waals surface area contributed by atoms with E-state index in [9.17, 15) is 0 Å². The molecule has 0 fully saturated rings. The molecule has 0 aromatic heterocycles. The number of fused-ring (bicyclic) bond motifs is 1. The van der Waals surface area contributed by atoms with Crippen LogP contribution in [0.25, 0.3) is 0 Å². The van der Waals surface area contributed by atoms with E-state index in [1.165, 1.54) is 11.1 Å². The second-order valence-electron chi connectivity index (χ2n) is 4.99. The molecule has 0 bridgehead atoms. The van der Waals surface area contributed by atoms with Crippen molar-refractivity contribution in [3.63, 3.8) is 0 Å². The minimum Gasteiger partial charge on any atom is -0.489 e. The third kappa shape index (κ3) is 2.64. The van der Waals surface area contributed by atoms with Crippen molar-refractivity contribution in [1.82, 2.24) is 0 Å². The van der Waals surface area contributed by atoms with E-state index in [-0.39, 0.29) is 6.04 Å². The zero-order chi connectivity index (χ0) is 14.1. The fraction of sp³-hybridized carbons (Fsp3) is 0.250. The molecule has 0 heterocycles. The fourth-order valence-corrected chi connectivity index (χ4v) is 3.05. The Balaban J connectivity index is 1.79. The van der Waals surface area contributed by atoms with Gasteiger partial charge in [-0.1, -0.05) is 41.4 Å². The molecule has 1 atom stereocenters. The van der Waals surface area contributed by atoms with Gasteiger partial charge in [0.1, 0.15) is 12.4 Å². The summed E-state index contributed by atoms with van der Waals surface area (Å²) in [6.45, 7) is 0.432. The van der Waals surface area contributed by atoms with Gasteiger partial charge in [0.05, 0.1) is 0 Å². The first-order valence-corrected chi connectivity index (χ1v) is 7.35. The first kappa shape index (κ1) is 13.7. The normalized spacial score (nSPS) is 17.1. The first-order valence-electron chi connectivity index (χ1n) is 6.59. The van der Waals surface area contributed by atoms with Crippen molar-refractivity contribution < 1.29 is 4.74 Å². The maximum Gasteiger partial charge on any atom is 0.123 e. The quantitative estimate of drug-likeness (QED) is 0.905. The zero-order valence-electron chi connectivity index (χ0n) is 10.9. The van der Waals surface area contributed by atoms with Crippen LogP contribution in [0.3, 0.4) is 0 Å². The number of ether oxygens (including phenoxy) is 1. The molecule has 1 aliphatic rings. The minimum absolute atomic E-state index is 0.132. The van der Waals surface area contributed by atoms with Gasteiger partial charge in [-0.2, -0.15) is 0 Å². The van der Waals surface area contributed by atoms with Gasteiger partial charge in [0.15, 0.2) is 0 Å². The van der Waals surface area contributed by atoms with Crippen LogP contribution in [-0.4, -0.2) is 0 Å². The molecule has 3 rings (SSSR count). The van der Waals surface area contributed by atoms with Gasteiger partial charge in [-0.05, 0) is 42.2 Å². The summed E-state index contributed by atoms with van der Waals surface area (Å²) >= 11 is 12.0. The van der Waals surface area contributed by atoms with Crippen molar-refractivity contribution in [2.45, 2.75) is 25.5 Å². The molecule has 2 aromatic carbocycles. The number of halogens is 2. The van der Waals surface area contributed by atoms with E-state index in [2.05, 4.69) is 6.07 Å². The molecular formula is C16H15Cl2NO. The van der Waals surface area contributed by atoms with Crippen molar-refractivity contribution in [2.75, 3.05) is 0 Å². The summed E-state index contributed by atoms with van der Waals surface area (Å²) < 4.78 is 5.92. The molecule has 2 N–H and O–H groups in total. The molecule has 0 amide bonds. The van der Waals surface area contributed by atoms with Crippen LogP contribution in [0.5, 0.6) is 5.75 Å². The van der Waals surface area contributed by atoms with Gasteiger partial charge in [0.2, 0.25) is 0 Å². The van der Waals surface area contributed by atoms with E-state index in [0.29, 0.717) is 16.7 Å². The predicted molar refractivity (Wildman–Crippen MR) is 82.5 cm³/mol. The van der Waals surface area contributed by atoms with Gasteiger partial charge in [-0.15, -0.1) is 0 Å². The highest BCUT2D eigenvalue weighted by molar-refractivity contribution is 6.35. The summed E-state index contributed by atoms with van der Waals surface area (Å²) in [5, 5.41) is 1.26. The van der Waals surface area contributed by atoms with Crippen LogP contribution in [0.4, 0.5) is 0 Å². The largest absolute Gasteiger partial charge is 0.489 e. The monoisotopic (exact) mass is 307 g/mol. The van der Waals surface area contributed by atoms with Gasteiger partial charge in [-0.3, -0.25) is 0 Å². The number of nitrogens with two attached hydrogens (primary N) is 1. The fourth-order valence-electron chi connectivity index (χ4n) is 2.58. The lowest BCUT2D eigenvalue weighted by Crippen LogP contribution is -2.05. The highest BCUT2D eigenvalue weighted by Gasteiger charge is 2.22. The van der Waals surface area contributed by atoms with Crippen molar-refractivity contribution >= 4 is 23.2 Å². The van der Waals surface area contributed by atoms with E-state index in [1.807, 2.05) is 24.3 Å². The van der Waals surface area contributed by atoms with E-state index in [4.69, 9.17) is 33.7 Å². The Morgan fingerprint density at radius 3 is 2.85 bits per heavy atom. The van der Waals surface area contributed by atoms with Crippen LogP contribution in [-0.2, 0) is 13.0 Å². The van der Waals surface area contributed by atoms with Gasteiger partial charge in [0, 0.05) is 21.7 Å². The van der Waals surface area contributed by atoms with Gasteiger partial charge >= 0.3 is 0 Å². The van der Waals surface area contributed by atoms with Crippen LogP contribution < -0.4 is 10.5 Å². The Kier molecular flexibility index (Phi) is 3.88. The Labute approximate surface area is 128 Å². The topological polar surface area (TPSA) is 35.2 Å². The Bertz CT molecular complexity index is 642. The molecule has 1 aliphatic carbocycles. The zero-order valence-corrected chi connectivity index (χ0v) is 12.4. The summed E-state index contributed by atoms with van der Waals surface area (Å²) in [6, 6.07) is 11.6. The lowest BCUT2D eigenvalue weighted by atomic mass is 10.1. The molecule has 0 radical (unpaired) electrons. The van der Waals surface area contributed by atoms with Crippen molar-refractivity contribution in [3.8, 4) is 5.75 Å². The first-order chi connectivity index (χ1) is 9.65. The third-order valence-electron chi connectivity index (χ3n) is 3.67. The van der Waals surface area contributed by atoms with Gasteiger partial charge in [-0.25, -0.2) is 0 Å². The van der Waals surface area contributed by atoms with Gasteiger partial charge < -0.3 is 10.5 Å². The Hall–Kier alpha value is -1.22. The summed E-state index contributed by atoms with van der Waals surface area (Å²) in [7, 11) is 0. The maximum absolute atomic E-state index is 6.15. The molecular weight excluding hydrogens is 293 g/mol. The molecule has 0 saturated carbocycles. The van der Waals surface area contributed by atoms with Crippen molar-refractivity contribution in [3.05, 3.63) is 63.1 Å². The molecule has 104 valence electrons. The van der Waals surface area contributed by atoms with E-state index >= 15 is 0 Å². The number of hydrogen-bond acceptors (Lipinski definition) is 2. The van der Waals surface area contributed by atoms with Crippen LogP contribution in [0.15, 0.2) is 36.4 Å². The molecule has 2 aromatic rings. The SMILES string of the molecule is NC1CCc2c(OCc3ccc(Cl)cc3Cl)cccc21. The van der Waals surface area contributed by atoms with E-state index in [1.54, 1.807) is 6.07 Å². The predicted octanol–water partition coefficient (Wildman–Crippen LogP) is 4.52. The average Bonchev–Trinajstić information content (AvgIpc) is 2.80. The molecule has 2 nitrogen and oxygen atoms in total.